The third kappa shape index (κ3) is 3.29. The van der Waals surface area contributed by atoms with E-state index >= 15 is 0 Å². The molecule has 0 aliphatic rings. The molecular formula is C15H20BrNOS. The van der Waals surface area contributed by atoms with Crippen LogP contribution in [0, 0.1) is 0 Å². The van der Waals surface area contributed by atoms with Gasteiger partial charge in [0.2, 0.25) is 0 Å². The Labute approximate surface area is 127 Å². The van der Waals surface area contributed by atoms with Crippen molar-refractivity contribution >= 4 is 37.5 Å². The molecule has 0 bridgehead atoms. The highest BCUT2D eigenvalue weighted by atomic mass is 79.9. The predicted octanol–water partition coefficient (Wildman–Crippen LogP) is 4.98. The number of benzene rings is 1. The molecule has 4 heteroatoms. The summed E-state index contributed by atoms with van der Waals surface area (Å²) in [5, 5.41) is 2.29. The van der Waals surface area contributed by atoms with E-state index in [0.29, 0.717) is 0 Å². The van der Waals surface area contributed by atoms with Crippen molar-refractivity contribution < 1.29 is 4.74 Å². The van der Waals surface area contributed by atoms with E-state index in [0.717, 1.165) is 43.4 Å². The molecule has 0 fully saturated rings. The van der Waals surface area contributed by atoms with E-state index < -0.39 is 0 Å². The summed E-state index contributed by atoms with van der Waals surface area (Å²) < 4.78 is 11.8. The van der Waals surface area contributed by atoms with Crippen LogP contribution in [0.2, 0.25) is 0 Å². The molecule has 0 radical (unpaired) electrons. The number of alkyl halides is 1. The lowest BCUT2D eigenvalue weighted by Crippen LogP contribution is -2.01. The Balaban J connectivity index is 2.37. The number of nitrogens with zero attached hydrogens (tertiary/aromatic N) is 1. The van der Waals surface area contributed by atoms with Crippen LogP contribution in [0.1, 0.15) is 37.9 Å². The van der Waals surface area contributed by atoms with Crippen molar-refractivity contribution in [3.05, 3.63) is 23.4 Å². The Hall–Kier alpha value is -0.610. The first-order chi connectivity index (χ1) is 9.31. The average molecular weight is 342 g/mol. The van der Waals surface area contributed by atoms with Crippen molar-refractivity contribution in [1.82, 2.24) is 4.37 Å². The van der Waals surface area contributed by atoms with Crippen molar-refractivity contribution in [2.24, 2.45) is 0 Å². The lowest BCUT2D eigenvalue weighted by Gasteiger charge is -2.11. The van der Waals surface area contributed by atoms with Gasteiger partial charge in [-0.25, -0.2) is 0 Å². The molecule has 1 aromatic heterocycles. The number of halogens is 1. The summed E-state index contributed by atoms with van der Waals surface area (Å²) in [6.45, 7) is 5.14. The topological polar surface area (TPSA) is 22.1 Å². The average Bonchev–Trinajstić information content (AvgIpc) is 2.84. The second-order valence-electron chi connectivity index (χ2n) is 4.54. The molecule has 0 atom stereocenters. The SMILES string of the molecule is CCCc1c(OCCCBr)ccc2c(CC)nsc12. The number of hydrogen-bond acceptors (Lipinski definition) is 3. The monoisotopic (exact) mass is 341 g/mol. The van der Waals surface area contributed by atoms with Gasteiger partial charge in [-0.05, 0) is 42.9 Å². The van der Waals surface area contributed by atoms with Crippen molar-refractivity contribution in [2.45, 2.75) is 39.5 Å². The third-order valence-electron chi connectivity index (χ3n) is 3.15. The molecule has 2 aromatic rings. The Kier molecular flexibility index (Phi) is 5.64. The maximum atomic E-state index is 5.93. The molecule has 0 aliphatic heterocycles. The van der Waals surface area contributed by atoms with E-state index in [1.54, 1.807) is 11.5 Å². The van der Waals surface area contributed by atoms with Gasteiger partial charge in [-0.2, -0.15) is 4.37 Å². The number of hydrogen-bond donors (Lipinski definition) is 0. The Morgan fingerprint density at radius 1 is 1.32 bits per heavy atom. The summed E-state index contributed by atoms with van der Waals surface area (Å²) in [7, 11) is 0. The molecule has 2 nitrogen and oxygen atoms in total. The van der Waals surface area contributed by atoms with Crippen LogP contribution in [0.25, 0.3) is 10.1 Å². The minimum absolute atomic E-state index is 0.771. The van der Waals surface area contributed by atoms with E-state index in [1.165, 1.54) is 21.3 Å². The van der Waals surface area contributed by atoms with Crippen LogP contribution in [-0.2, 0) is 12.8 Å². The first-order valence-corrected chi connectivity index (χ1v) is 8.80. The Morgan fingerprint density at radius 3 is 2.84 bits per heavy atom. The zero-order valence-corrected chi connectivity index (χ0v) is 13.9. The second kappa shape index (κ2) is 7.25. The van der Waals surface area contributed by atoms with Crippen LogP contribution in [0.5, 0.6) is 5.75 Å². The number of aryl methyl sites for hydroxylation is 2. The molecule has 1 heterocycles. The van der Waals surface area contributed by atoms with E-state index in [9.17, 15) is 0 Å². The van der Waals surface area contributed by atoms with Crippen LogP contribution in [0.4, 0.5) is 0 Å². The van der Waals surface area contributed by atoms with Gasteiger partial charge in [0, 0.05) is 16.3 Å². The minimum Gasteiger partial charge on any atom is -0.493 e. The summed E-state index contributed by atoms with van der Waals surface area (Å²) in [5.41, 5.74) is 2.55. The number of rotatable bonds is 7. The smallest absolute Gasteiger partial charge is 0.123 e. The summed E-state index contributed by atoms with van der Waals surface area (Å²) in [5.74, 6) is 1.04. The first-order valence-electron chi connectivity index (χ1n) is 6.90. The molecule has 0 amide bonds. The normalized spacial score (nSPS) is 11.1. The Bertz CT molecular complexity index is 538. The van der Waals surface area contributed by atoms with Gasteiger partial charge < -0.3 is 4.74 Å². The highest BCUT2D eigenvalue weighted by molar-refractivity contribution is 9.09. The van der Waals surface area contributed by atoms with Gasteiger partial charge in [-0.1, -0.05) is 36.2 Å². The quantitative estimate of drug-likeness (QED) is 0.523. The molecule has 0 N–H and O–H groups in total. The fraction of sp³-hybridized carbons (Fsp3) is 0.533. The number of fused-ring (bicyclic) bond motifs is 1. The largest absolute Gasteiger partial charge is 0.493 e. The van der Waals surface area contributed by atoms with Crippen LogP contribution >= 0.6 is 27.5 Å². The molecule has 0 saturated carbocycles. The molecule has 0 saturated heterocycles. The van der Waals surface area contributed by atoms with Gasteiger partial charge in [0.25, 0.3) is 0 Å². The molecule has 0 aliphatic carbocycles. The summed E-state index contributed by atoms with van der Waals surface area (Å²) in [6.07, 6.45) is 4.22. The van der Waals surface area contributed by atoms with E-state index in [4.69, 9.17) is 4.74 Å². The summed E-state index contributed by atoms with van der Waals surface area (Å²) in [4.78, 5) is 0. The minimum atomic E-state index is 0.771. The van der Waals surface area contributed by atoms with Gasteiger partial charge in [-0.15, -0.1) is 0 Å². The number of ether oxygens (including phenoxy) is 1. The maximum Gasteiger partial charge on any atom is 0.123 e. The molecule has 1 aromatic carbocycles. The standard InChI is InChI=1S/C15H20BrNOS/c1-3-6-12-14(18-10-5-9-16)8-7-11-13(4-2)17-19-15(11)12/h7-8H,3-6,9-10H2,1-2H3. The molecule has 104 valence electrons. The van der Waals surface area contributed by atoms with Crippen LogP contribution < -0.4 is 4.74 Å². The maximum absolute atomic E-state index is 5.93. The van der Waals surface area contributed by atoms with Crippen molar-refractivity contribution in [1.29, 1.82) is 0 Å². The fourth-order valence-corrected chi connectivity index (χ4v) is 3.46. The van der Waals surface area contributed by atoms with Gasteiger partial charge in [0.15, 0.2) is 0 Å². The zero-order valence-electron chi connectivity index (χ0n) is 11.5. The first kappa shape index (κ1) is 14.8. The van der Waals surface area contributed by atoms with Crippen molar-refractivity contribution in [3.8, 4) is 5.75 Å². The zero-order chi connectivity index (χ0) is 13.7. The van der Waals surface area contributed by atoms with Crippen molar-refractivity contribution in [2.75, 3.05) is 11.9 Å². The summed E-state index contributed by atoms with van der Waals surface area (Å²) >= 11 is 5.06. The molecule has 0 unspecified atom stereocenters. The van der Waals surface area contributed by atoms with Crippen LogP contribution in [0.3, 0.4) is 0 Å². The van der Waals surface area contributed by atoms with E-state index in [1.807, 2.05) is 0 Å². The van der Waals surface area contributed by atoms with Gasteiger partial charge >= 0.3 is 0 Å². The lowest BCUT2D eigenvalue weighted by atomic mass is 10.1. The third-order valence-corrected chi connectivity index (χ3v) is 4.67. The van der Waals surface area contributed by atoms with Gasteiger partial charge in [0.1, 0.15) is 5.75 Å². The molecule has 2 rings (SSSR count). The highest BCUT2D eigenvalue weighted by Crippen LogP contribution is 2.34. The Morgan fingerprint density at radius 2 is 2.16 bits per heavy atom. The van der Waals surface area contributed by atoms with E-state index in [-0.39, 0.29) is 0 Å². The lowest BCUT2D eigenvalue weighted by molar-refractivity contribution is 0.316. The van der Waals surface area contributed by atoms with Crippen LogP contribution in [0.15, 0.2) is 12.1 Å². The second-order valence-corrected chi connectivity index (χ2v) is 6.11. The highest BCUT2D eigenvalue weighted by Gasteiger charge is 2.13. The van der Waals surface area contributed by atoms with E-state index in [2.05, 4.69) is 46.3 Å². The predicted molar refractivity (Wildman–Crippen MR) is 86.9 cm³/mol. The molecule has 19 heavy (non-hydrogen) atoms. The van der Waals surface area contributed by atoms with Crippen molar-refractivity contribution in [3.63, 3.8) is 0 Å². The fourth-order valence-electron chi connectivity index (χ4n) is 2.20. The number of aromatic nitrogens is 1. The summed E-state index contributed by atoms with van der Waals surface area (Å²) in [6, 6.07) is 4.29. The molecular weight excluding hydrogens is 322 g/mol. The van der Waals surface area contributed by atoms with Gasteiger partial charge in [-0.3, -0.25) is 0 Å². The van der Waals surface area contributed by atoms with Gasteiger partial charge in [0.05, 0.1) is 17.0 Å². The van der Waals surface area contributed by atoms with Crippen LogP contribution in [-0.4, -0.2) is 16.3 Å². The molecule has 0 spiro atoms.